The van der Waals surface area contributed by atoms with E-state index in [2.05, 4.69) is 47.0 Å². The van der Waals surface area contributed by atoms with Gasteiger partial charge >= 0.3 is 0 Å². The first-order valence-electron chi connectivity index (χ1n) is 5.61. The van der Waals surface area contributed by atoms with Crippen LogP contribution in [-0.4, -0.2) is 13.1 Å². The Bertz CT molecular complexity index is 127. The van der Waals surface area contributed by atoms with Crippen molar-refractivity contribution in [2.24, 2.45) is 11.3 Å². The Labute approximate surface area is 84.3 Å². The maximum absolute atomic E-state index is 3.41. The molecule has 0 aliphatic rings. The summed E-state index contributed by atoms with van der Waals surface area (Å²) in [6, 6.07) is 0.697. The Kier molecular flexibility index (Phi) is 5.62. The van der Waals surface area contributed by atoms with E-state index in [-0.39, 0.29) is 0 Å². The molecular weight excluding hydrogens is 158 g/mol. The number of nitrogens with one attached hydrogen (secondary N) is 1. The van der Waals surface area contributed by atoms with E-state index in [1.165, 1.54) is 19.3 Å². The van der Waals surface area contributed by atoms with Gasteiger partial charge in [-0.3, -0.25) is 0 Å². The Morgan fingerprint density at radius 3 is 2.08 bits per heavy atom. The van der Waals surface area contributed by atoms with Crippen LogP contribution < -0.4 is 5.32 Å². The molecule has 0 aliphatic carbocycles. The Hall–Kier alpha value is -0.0400. The Morgan fingerprint density at radius 2 is 1.77 bits per heavy atom. The van der Waals surface area contributed by atoms with Crippen molar-refractivity contribution in [1.82, 2.24) is 5.32 Å². The summed E-state index contributed by atoms with van der Waals surface area (Å²) >= 11 is 0. The third-order valence-corrected chi connectivity index (χ3v) is 3.38. The first-order valence-corrected chi connectivity index (χ1v) is 5.61. The molecule has 0 aromatic carbocycles. The van der Waals surface area contributed by atoms with Gasteiger partial charge in [0, 0.05) is 6.04 Å². The van der Waals surface area contributed by atoms with Crippen LogP contribution in [0.15, 0.2) is 0 Å². The van der Waals surface area contributed by atoms with Crippen molar-refractivity contribution < 1.29 is 0 Å². The van der Waals surface area contributed by atoms with Crippen LogP contribution in [0.3, 0.4) is 0 Å². The summed E-state index contributed by atoms with van der Waals surface area (Å²) in [5.74, 6) is 0.764. The molecule has 1 atom stereocenters. The molecule has 0 saturated carbocycles. The Balaban J connectivity index is 4.05. The smallest absolute Gasteiger partial charge is 0.00691 e. The summed E-state index contributed by atoms with van der Waals surface area (Å²) in [5.41, 5.74) is 0.461. The fraction of sp³-hybridized carbons (Fsp3) is 1.00. The molecule has 0 spiro atoms. The maximum atomic E-state index is 3.41. The second-order valence-electron chi connectivity index (χ2n) is 5.12. The molecule has 0 rings (SSSR count). The zero-order valence-corrected chi connectivity index (χ0v) is 10.3. The molecule has 0 heterocycles. The van der Waals surface area contributed by atoms with Crippen LogP contribution in [0.25, 0.3) is 0 Å². The van der Waals surface area contributed by atoms with Crippen molar-refractivity contribution in [2.45, 2.75) is 59.9 Å². The van der Waals surface area contributed by atoms with Crippen molar-refractivity contribution in [3.05, 3.63) is 0 Å². The number of hydrogen-bond donors (Lipinski definition) is 1. The van der Waals surface area contributed by atoms with Crippen molar-refractivity contribution in [3.63, 3.8) is 0 Å². The molecule has 1 heteroatoms. The third-order valence-electron chi connectivity index (χ3n) is 3.38. The molecule has 0 aromatic rings. The van der Waals surface area contributed by atoms with Crippen LogP contribution in [0, 0.1) is 11.3 Å². The van der Waals surface area contributed by atoms with Gasteiger partial charge in [0.25, 0.3) is 0 Å². The lowest BCUT2D eigenvalue weighted by Gasteiger charge is -2.33. The van der Waals surface area contributed by atoms with Crippen LogP contribution >= 0.6 is 0 Å². The molecule has 0 radical (unpaired) electrons. The predicted molar refractivity (Wildman–Crippen MR) is 61.0 cm³/mol. The molecular formula is C12H27N. The maximum Gasteiger partial charge on any atom is 0.00691 e. The van der Waals surface area contributed by atoms with Gasteiger partial charge < -0.3 is 5.32 Å². The number of rotatable bonds is 6. The van der Waals surface area contributed by atoms with E-state index in [0.29, 0.717) is 11.5 Å². The van der Waals surface area contributed by atoms with Crippen LogP contribution in [0.1, 0.15) is 53.9 Å². The fourth-order valence-electron chi connectivity index (χ4n) is 1.57. The topological polar surface area (TPSA) is 12.0 Å². The SMILES string of the molecule is CCCC(CC(C)(C)C(C)C)NC. The van der Waals surface area contributed by atoms with Crippen LogP contribution in [0.4, 0.5) is 0 Å². The normalized spacial score (nSPS) is 15.0. The van der Waals surface area contributed by atoms with E-state index in [1.54, 1.807) is 0 Å². The van der Waals surface area contributed by atoms with Gasteiger partial charge in [-0.25, -0.2) is 0 Å². The minimum absolute atomic E-state index is 0.461. The van der Waals surface area contributed by atoms with Crippen LogP contribution in [0.5, 0.6) is 0 Å². The highest BCUT2D eigenvalue weighted by Crippen LogP contribution is 2.32. The highest BCUT2D eigenvalue weighted by molar-refractivity contribution is 4.79. The highest BCUT2D eigenvalue weighted by Gasteiger charge is 2.25. The average molecular weight is 185 g/mol. The highest BCUT2D eigenvalue weighted by atomic mass is 14.9. The van der Waals surface area contributed by atoms with Gasteiger partial charge in [-0.2, -0.15) is 0 Å². The number of hydrogen-bond acceptors (Lipinski definition) is 1. The van der Waals surface area contributed by atoms with Crippen molar-refractivity contribution >= 4 is 0 Å². The lowest BCUT2D eigenvalue weighted by molar-refractivity contribution is 0.197. The van der Waals surface area contributed by atoms with E-state index in [1.807, 2.05) is 0 Å². The molecule has 1 unspecified atom stereocenters. The first kappa shape index (κ1) is 13.0. The zero-order chi connectivity index (χ0) is 10.5. The molecule has 0 bridgehead atoms. The van der Waals surface area contributed by atoms with E-state index < -0.39 is 0 Å². The van der Waals surface area contributed by atoms with Gasteiger partial charge in [-0.05, 0) is 31.2 Å². The van der Waals surface area contributed by atoms with E-state index in [0.717, 1.165) is 5.92 Å². The summed E-state index contributed by atoms with van der Waals surface area (Å²) < 4.78 is 0. The molecule has 80 valence electrons. The second kappa shape index (κ2) is 5.64. The molecule has 1 nitrogen and oxygen atoms in total. The Morgan fingerprint density at radius 1 is 1.23 bits per heavy atom. The summed E-state index contributed by atoms with van der Waals surface area (Å²) in [7, 11) is 2.08. The van der Waals surface area contributed by atoms with Gasteiger partial charge in [0.05, 0.1) is 0 Å². The molecule has 0 aliphatic heterocycles. The van der Waals surface area contributed by atoms with Gasteiger partial charge in [-0.15, -0.1) is 0 Å². The first-order chi connectivity index (χ1) is 5.94. The van der Waals surface area contributed by atoms with E-state index >= 15 is 0 Å². The third kappa shape index (κ3) is 4.66. The van der Waals surface area contributed by atoms with Gasteiger partial charge in [0.1, 0.15) is 0 Å². The van der Waals surface area contributed by atoms with Crippen molar-refractivity contribution in [3.8, 4) is 0 Å². The monoisotopic (exact) mass is 185 g/mol. The van der Waals surface area contributed by atoms with Gasteiger partial charge in [0.2, 0.25) is 0 Å². The quantitative estimate of drug-likeness (QED) is 0.668. The van der Waals surface area contributed by atoms with E-state index in [4.69, 9.17) is 0 Å². The lowest BCUT2D eigenvalue weighted by Crippen LogP contribution is -2.33. The van der Waals surface area contributed by atoms with Crippen LogP contribution in [0.2, 0.25) is 0 Å². The molecule has 1 N–H and O–H groups in total. The zero-order valence-electron chi connectivity index (χ0n) is 10.3. The van der Waals surface area contributed by atoms with Crippen molar-refractivity contribution in [1.29, 1.82) is 0 Å². The largest absolute Gasteiger partial charge is 0.317 e. The second-order valence-corrected chi connectivity index (χ2v) is 5.12. The average Bonchev–Trinajstić information content (AvgIpc) is 2.03. The molecule has 0 amide bonds. The van der Waals surface area contributed by atoms with Gasteiger partial charge in [-0.1, -0.05) is 41.0 Å². The summed E-state index contributed by atoms with van der Waals surface area (Å²) in [6.07, 6.45) is 3.86. The fourth-order valence-corrected chi connectivity index (χ4v) is 1.57. The standard InChI is InChI=1S/C12H27N/c1-7-8-11(13-6)9-12(4,5)10(2)3/h10-11,13H,7-9H2,1-6H3. The predicted octanol–water partition coefficient (Wildman–Crippen LogP) is 3.45. The molecule has 13 heavy (non-hydrogen) atoms. The van der Waals surface area contributed by atoms with Crippen LogP contribution in [-0.2, 0) is 0 Å². The summed E-state index contributed by atoms with van der Waals surface area (Å²) in [6.45, 7) is 11.6. The summed E-state index contributed by atoms with van der Waals surface area (Å²) in [5, 5.41) is 3.41. The minimum Gasteiger partial charge on any atom is -0.317 e. The van der Waals surface area contributed by atoms with E-state index in [9.17, 15) is 0 Å². The molecule has 0 aromatic heterocycles. The lowest BCUT2D eigenvalue weighted by atomic mass is 9.75. The molecule has 0 fully saturated rings. The molecule has 0 saturated heterocycles. The summed E-state index contributed by atoms with van der Waals surface area (Å²) in [4.78, 5) is 0. The van der Waals surface area contributed by atoms with Gasteiger partial charge in [0.15, 0.2) is 0 Å². The minimum atomic E-state index is 0.461. The van der Waals surface area contributed by atoms with Crippen molar-refractivity contribution in [2.75, 3.05) is 7.05 Å².